The minimum atomic E-state index is -0.722. The molecule has 1 atom stereocenters. The molecule has 29 heavy (non-hydrogen) atoms. The van der Waals surface area contributed by atoms with Gasteiger partial charge in [0.2, 0.25) is 0 Å². The number of esters is 1. The van der Waals surface area contributed by atoms with E-state index in [0.717, 1.165) is 22.6 Å². The summed E-state index contributed by atoms with van der Waals surface area (Å²) in [5.74, 6) is 1.35. The first-order chi connectivity index (χ1) is 14.0. The third-order valence-corrected chi connectivity index (χ3v) is 4.19. The summed E-state index contributed by atoms with van der Waals surface area (Å²) in [6, 6.07) is 10.9. The van der Waals surface area contributed by atoms with Crippen LogP contribution in [0.1, 0.15) is 11.1 Å². The Labute approximate surface area is 170 Å². The number of carbonyl (C=O) groups is 1. The number of aliphatic hydroxyl groups excluding tert-OH is 1. The summed E-state index contributed by atoms with van der Waals surface area (Å²) >= 11 is 0. The molecule has 0 radical (unpaired) electrons. The smallest absolute Gasteiger partial charge is 0.330 e. The Kier molecular flexibility index (Phi) is 8.36. The molecule has 0 aliphatic heterocycles. The van der Waals surface area contributed by atoms with Crippen molar-refractivity contribution >= 4 is 17.7 Å². The molecule has 2 N–H and O–H groups in total. The van der Waals surface area contributed by atoms with Crippen LogP contribution < -0.4 is 19.5 Å². The largest absolute Gasteiger partial charge is 0.497 e. The van der Waals surface area contributed by atoms with Crippen molar-refractivity contribution < 1.29 is 28.8 Å². The van der Waals surface area contributed by atoms with Gasteiger partial charge in [-0.2, -0.15) is 0 Å². The molecule has 1 unspecified atom stereocenters. The Morgan fingerprint density at radius 2 is 1.90 bits per heavy atom. The molecule has 0 aromatic heterocycles. The zero-order valence-electron chi connectivity index (χ0n) is 17.1. The molecule has 0 fully saturated rings. The Morgan fingerprint density at radius 3 is 2.55 bits per heavy atom. The number of methoxy groups -OCH3 is 3. The quantitative estimate of drug-likeness (QED) is 0.467. The highest BCUT2D eigenvalue weighted by Crippen LogP contribution is 2.29. The fourth-order valence-corrected chi connectivity index (χ4v) is 2.57. The molecule has 7 heteroatoms. The van der Waals surface area contributed by atoms with Crippen LogP contribution >= 0.6 is 0 Å². The highest BCUT2D eigenvalue weighted by Gasteiger charge is 2.10. The number of nitrogens with one attached hydrogen (secondary N) is 1. The van der Waals surface area contributed by atoms with E-state index in [0.29, 0.717) is 18.0 Å². The molecule has 0 aliphatic rings. The average molecular weight is 401 g/mol. The van der Waals surface area contributed by atoms with E-state index < -0.39 is 12.1 Å². The van der Waals surface area contributed by atoms with Crippen LogP contribution in [0.5, 0.6) is 17.2 Å². The molecule has 0 saturated carbocycles. The summed E-state index contributed by atoms with van der Waals surface area (Å²) in [7, 11) is 4.47. The van der Waals surface area contributed by atoms with E-state index in [1.807, 2.05) is 25.1 Å². The molecule has 2 aromatic rings. The second kappa shape index (κ2) is 11.0. The zero-order chi connectivity index (χ0) is 21.2. The number of hydrogen-bond donors (Lipinski definition) is 2. The van der Waals surface area contributed by atoms with Crippen LogP contribution in [0.2, 0.25) is 0 Å². The van der Waals surface area contributed by atoms with E-state index >= 15 is 0 Å². The number of rotatable bonds is 10. The standard InChI is InChI=1S/C22H27NO6/c1-15-11-18(26-2)7-8-19(15)23-13-17(24)14-29-20-9-5-16(12-21(20)27-3)6-10-22(25)28-4/h5-12,17,23-24H,13-14H2,1-4H3/b10-6+. The summed E-state index contributed by atoms with van der Waals surface area (Å²) in [5, 5.41) is 13.4. The lowest BCUT2D eigenvalue weighted by atomic mass is 10.2. The SMILES string of the molecule is COC(=O)/C=C/c1ccc(OCC(O)CNc2ccc(OC)cc2C)c(OC)c1. The number of aryl methyl sites for hydroxylation is 1. The summed E-state index contributed by atoms with van der Waals surface area (Å²) in [5.41, 5.74) is 2.70. The van der Waals surface area contributed by atoms with Crippen LogP contribution in [-0.4, -0.2) is 51.7 Å². The second-order valence-electron chi connectivity index (χ2n) is 6.29. The van der Waals surface area contributed by atoms with Gasteiger partial charge in [-0.25, -0.2) is 4.79 Å². The van der Waals surface area contributed by atoms with Gasteiger partial charge in [0.1, 0.15) is 18.5 Å². The minimum absolute atomic E-state index is 0.0932. The van der Waals surface area contributed by atoms with Gasteiger partial charge in [-0.15, -0.1) is 0 Å². The molecule has 0 saturated heterocycles. The Bertz CT molecular complexity index is 849. The molecule has 156 valence electrons. The fourth-order valence-electron chi connectivity index (χ4n) is 2.57. The van der Waals surface area contributed by atoms with Gasteiger partial charge in [-0.1, -0.05) is 6.07 Å². The summed E-state index contributed by atoms with van der Waals surface area (Å²) in [6.07, 6.45) is 2.22. The zero-order valence-corrected chi connectivity index (χ0v) is 17.1. The fraction of sp³-hybridized carbons (Fsp3) is 0.318. The predicted octanol–water partition coefficient (Wildman–Crippen LogP) is 3.05. The first-order valence-corrected chi connectivity index (χ1v) is 9.10. The molecule has 0 aliphatic carbocycles. The van der Waals surface area contributed by atoms with Crippen LogP contribution in [0, 0.1) is 6.92 Å². The molecule has 7 nitrogen and oxygen atoms in total. The first kappa shape index (κ1) is 22.1. The summed E-state index contributed by atoms with van der Waals surface area (Å²) in [4.78, 5) is 11.2. The van der Waals surface area contributed by atoms with Gasteiger partial charge in [0.05, 0.1) is 21.3 Å². The maximum absolute atomic E-state index is 11.2. The maximum atomic E-state index is 11.2. The van der Waals surface area contributed by atoms with Gasteiger partial charge < -0.3 is 29.4 Å². The highest BCUT2D eigenvalue weighted by atomic mass is 16.5. The molecule has 0 bridgehead atoms. The highest BCUT2D eigenvalue weighted by molar-refractivity contribution is 5.87. The maximum Gasteiger partial charge on any atom is 0.330 e. The van der Waals surface area contributed by atoms with E-state index in [2.05, 4.69) is 10.1 Å². The number of aliphatic hydroxyl groups is 1. The van der Waals surface area contributed by atoms with Gasteiger partial charge in [0, 0.05) is 18.3 Å². The number of ether oxygens (including phenoxy) is 4. The normalized spacial score (nSPS) is 11.8. The second-order valence-corrected chi connectivity index (χ2v) is 6.29. The van der Waals surface area contributed by atoms with Crippen molar-refractivity contribution in [3.8, 4) is 17.2 Å². The summed E-state index contributed by atoms with van der Waals surface area (Å²) < 4.78 is 20.8. The van der Waals surface area contributed by atoms with E-state index in [1.54, 1.807) is 31.4 Å². The van der Waals surface area contributed by atoms with E-state index in [-0.39, 0.29) is 6.61 Å². The van der Waals surface area contributed by atoms with E-state index in [4.69, 9.17) is 14.2 Å². The van der Waals surface area contributed by atoms with Gasteiger partial charge in [-0.05, 0) is 54.5 Å². The topological polar surface area (TPSA) is 86.3 Å². The van der Waals surface area contributed by atoms with Crippen molar-refractivity contribution in [2.24, 2.45) is 0 Å². The monoisotopic (exact) mass is 401 g/mol. The van der Waals surface area contributed by atoms with Crippen molar-refractivity contribution in [3.05, 3.63) is 53.6 Å². The van der Waals surface area contributed by atoms with Crippen LogP contribution in [0.4, 0.5) is 5.69 Å². The number of benzene rings is 2. The van der Waals surface area contributed by atoms with Crippen LogP contribution in [0.15, 0.2) is 42.5 Å². The van der Waals surface area contributed by atoms with Crippen molar-refractivity contribution in [1.29, 1.82) is 0 Å². The Morgan fingerprint density at radius 1 is 1.10 bits per heavy atom. The summed E-state index contributed by atoms with van der Waals surface area (Å²) in [6.45, 7) is 2.39. The lowest BCUT2D eigenvalue weighted by Crippen LogP contribution is -2.26. The van der Waals surface area contributed by atoms with Crippen molar-refractivity contribution in [2.75, 3.05) is 39.8 Å². The Balaban J connectivity index is 1.91. The van der Waals surface area contributed by atoms with Crippen LogP contribution in [0.25, 0.3) is 6.08 Å². The molecular weight excluding hydrogens is 374 g/mol. The number of anilines is 1. The average Bonchev–Trinajstić information content (AvgIpc) is 2.75. The molecular formula is C22H27NO6. The van der Waals surface area contributed by atoms with Crippen molar-refractivity contribution in [2.45, 2.75) is 13.0 Å². The minimum Gasteiger partial charge on any atom is -0.497 e. The third kappa shape index (κ3) is 6.73. The van der Waals surface area contributed by atoms with Crippen LogP contribution in [0.3, 0.4) is 0 Å². The Hall–Kier alpha value is -3.19. The predicted molar refractivity (Wildman–Crippen MR) is 112 cm³/mol. The lowest BCUT2D eigenvalue weighted by molar-refractivity contribution is -0.134. The van der Waals surface area contributed by atoms with Gasteiger partial charge in [0.25, 0.3) is 0 Å². The number of carbonyl (C=O) groups excluding carboxylic acids is 1. The van der Waals surface area contributed by atoms with Crippen molar-refractivity contribution in [1.82, 2.24) is 0 Å². The van der Waals surface area contributed by atoms with Crippen molar-refractivity contribution in [3.63, 3.8) is 0 Å². The van der Waals surface area contributed by atoms with E-state index in [9.17, 15) is 9.90 Å². The van der Waals surface area contributed by atoms with Gasteiger partial charge >= 0.3 is 5.97 Å². The molecule has 0 heterocycles. The molecule has 2 rings (SSSR count). The molecule has 0 spiro atoms. The lowest BCUT2D eigenvalue weighted by Gasteiger charge is -2.17. The molecule has 2 aromatic carbocycles. The van der Waals surface area contributed by atoms with Gasteiger partial charge in [0.15, 0.2) is 11.5 Å². The van der Waals surface area contributed by atoms with E-state index in [1.165, 1.54) is 20.3 Å². The molecule has 0 amide bonds. The first-order valence-electron chi connectivity index (χ1n) is 9.10. The van der Waals surface area contributed by atoms with Gasteiger partial charge in [-0.3, -0.25) is 0 Å². The van der Waals surface area contributed by atoms with Crippen LogP contribution in [-0.2, 0) is 9.53 Å². The number of hydrogen-bond acceptors (Lipinski definition) is 7. The third-order valence-electron chi connectivity index (χ3n) is 4.19.